The predicted molar refractivity (Wildman–Crippen MR) is 88.7 cm³/mol. The minimum atomic E-state index is -0.713. The molecule has 0 unspecified atom stereocenters. The van der Waals surface area contributed by atoms with Crippen LogP contribution in [-0.2, 0) is 11.2 Å². The van der Waals surface area contributed by atoms with Crippen LogP contribution in [0.3, 0.4) is 0 Å². The zero-order valence-electron chi connectivity index (χ0n) is 13.1. The van der Waals surface area contributed by atoms with E-state index in [9.17, 15) is 10.1 Å². The number of ether oxygens (including phenoxy) is 2. The number of nitrogens with zero attached hydrogens (tertiary/aromatic N) is 1. The lowest BCUT2D eigenvalue weighted by atomic mass is 9.93. The van der Waals surface area contributed by atoms with E-state index in [1.54, 1.807) is 11.8 Å². The maximum absolute atomic E-state index is 12.6. The van der Waals surface area contributed by atoms with Gasteiger partial charge < -0.3 is 14.8 Å². The molecule has 0 aliphatic carbocycles. The number of hydrogen-bond acceptors (Lipinski definition) is 5. The number of benzene rings is 1. The second-order valence-electron chi connectivity index (χ2n) is 5.88. The molecule has 23 heavy (non-hydrogen) atoms. The number of rotatable bonds is 4. The summed E-state index contributed by atoms with van der Waals surface area (Å²) in [7, 11) is 0. The molecule has 6 heteroatoms. The number of fused-ring (bicyclic) bond motifs is 1. The van der Waals surface area contributed by atoms with E-state index in [1.165, 1.54) is 0 Å². The standard InChI is InChI=1S/C17H20N2O3S/c1-2-21-14-5-3-4-12-8-13(9-22-15(12)14)16(20)19-17(10-18)6-7-23-11-17/h3-5,13H,2,6-9,11H2,1H3,(H,19,20)/t13-,17+/m0/s1. The molecule has 2 aliphatic heterocycles. The quantitative estimate of drug-likeness (QED) is 0.915. The molecular weight excluding hydrogens is 312 g/mol. The number of hydrogen-bond donors (Lipinski definition) is 1. The van der Waals surface area contributed by atoms with Gasteiger partial charge in [-0.3, -0.25) is 4.79 Å². The van der Waals surface area contributed by atoms with Gasteiger partial charge in [0.15, 0.2) is 11.5 Å². The molecule has 1 fully saturated rings. The van der Waals surface area contributed by atoms with Crippen LogP contribution in [-0.4, -0.2) is 36.2 Å². The fourth-order valence-corrected chi connectivity index (χ4v) is 4.22. The molecule has 0 aromatic heterocycles. The SMILES string of the molecule is CCOc1cccc2c1OC[C@@H](C(=O)N[C@@]1(C#N)CCSC1)C2. The normalized spacial score (nSPS) is 25.8. The smallest absolute Gasteiger partial charge is 0.228 e. The zero-order valence-corrected chi connectivity index (χ0v) is 13.9. The Morgan fingerprint density at radius 1 is 1.61 bits per heavy atom. The number of para-hydroxylation sites is 1. The Bertz CT molecular complexity index is 635. The van der Waals surface area contributed by atoms with Gasteiger partial charge in [-0.15, -0.1) is 0 Å². The summed E-state index contributed by atoms with van der Waals surface area (Å²) in [5.74, 6) is 2.68. The molecule has 2 atom stereocenters. The maximum Gasteiger partial charge on any atom is 0.228 e. The van der Waals surface area contributed by atoms with E-state index in [-0.39, 0.29) is 11.8 Å². The summed E-state index contributed by atoms with van der Waals surface area (Å²) in [6.45, 7) is 2.82. The summed E-state index contributed by atoms with van der Waals surface area (Å²) in [5.41, 5.74) is 0.268. The second kappa shape index (κ2) is 6.71. The van der Waals surface area contributed by atoms with Crippen LogP contribution in [0, 0.1) is 17.2 Å². The fourth-order valence-electron chi connectivity index (χ4n) is 2.95. The van der Waals surface area contributed by atoms with Crippen molar-refractivity contribution in [2.24, 2.45) is 5.92 Å². The molecule has 5 nitrogen and oxygen atoms in total. The van der Waals surface area contributed by atoms with Crippen molar-refractivity contribution in [3.8, 4) is 17.6 Å². The van der Waals surface area contributed by atoms with E-state index >= 15 is 0 Å². The summed E-state index contributed by atoms with van der Waals surface area (Å²) in [5, 5.41) is 12.3. The minimum absolute atomic E-state index is 0.0958. The second-order valence-corrected chi connectivity index (χ2v) is 6.98. The van der Waals surface area contributed by atoms with Crippen LogP contribution in [0.5, 0.6) is 11.5 Å². The lowest BCUT2D eigenvalue weighted by Gasteiger charge is -2.29. The molecule has 1 saturated heterocycles. The average Bonchev–Trinajstić information content (AvgIpc) is 3.04. The van der Waals surface area contributed by atoms with E-state index in [0.717, 1.165) is 22.8 Å². The first kappa shape index (κ1) is 16.0. The maximum atomic E-state index is 12.6. The first-order chi connectivity index (χ1) is 11.2. The van der Waals surface area contributed by atoms with Crippen LogP contribution < -0.4 is 14.8 Å². The summed E-state index contributed by atoms with van der Waals surface area (Å²) in [6, 6.07) is 8.03. The van der Waals surface area contributed by atoms with Gasteiger partial charge in [-0.1, -0.05) is 12.1 Å². The third kappa shape index (κ3) is 3.25. The molecule has 1 aromatic carbocycles. The highest BCUT2D eigenvalue weighted by Crippen LogP contribution is 2.36. The Morgan fingerprint density at radius 2 is 2.48 bits per heavy atom. The number of carbonyl (C=O) groups excluding carboxylic acids is 1. The van der Waals surface area contributed by atoms with Gasteiger partial charge in [0.05, 0.1) is 18.6 Å². The molecule has 2 aliphatic rings. The van der Waals surface area contributed by atoms with Crippen molar-refractivity contribution >= 4 is 17.7 Å². The van der Waals surface area contributed by atoms with Crippen molar-refractivity contribution < 1.29 is 14.3 Å². The van der Waals surface area contributed by atoms with Crippen LogP contribution >= 0.6 is 11.8 Å². The summed E-state index contributed by atoms with van der Waals surface area (Å²) < 4.78 is 11.4. The lowest BCUT2D eigenvalue weighted by Crippen LogP contribution is -2.51. The minimum Gasteiger partial charge on any atom is -0.490 e. The molecule has 0 saturated carbocycles. The van der Waals surface area contributed by atoms with E-state index in [2.05, 4.69) is 11.4 Å². The zero-order chi connectivity index (χ0) is 16.3. The lowest BCUT2D eigenvalue weighted by molar-refractivity contribution is -0.127. The fraction of sp³-hybridized carbons (Fsp3) is 0.529. The number of carbonyl (C=O) groups is 1. The van der Waals surface area contributed by atoms with Crippen LogP contribution in [0.25, 0.3) is 0 Å². The molecule has 1 aromatic rings. The van der Waals surface area contributed by atoms with Crippen molar-refractivity contribution in [2.45, 2.75) is 25.3 Å². The number of thioether (sulfide) groups is 1. The van der Waals surface area contributed by atoms with Gasteiger partial charge in [-0.25, -0.2) is 0 Å². The molecule has 0 spiro atoms. The van der Waals surface area contributed by atoms with Crippen molar-refractivity contribution in [2.75, 3.05) is 24.7 Å². The van der Waals surface area contributed by atoms with Crippen LogP contribution in [0.1, 0.15) is 18.9 Å². The highest BCUT2D eigenvalue weighted by molar-refractivity contribution is 7.99. The monoisotopic (exact) mass is 332 g/mol. The Balaban J connectivity index is 1.71. The van der Waals surface area contributed by atoms with E-state index in [4.69, 9.17) is 9.47 Å². The van der Waals surface area contributed by atoms with Gasteiger partial charge >= 0.3 is 0 Å². The van der Waals surface area contributed by atoms with Gasteiger partial charge in [0.1, 0.15) is 12.1 Å². The molecule has 122 valence electrons. The first-order valence-electron chi connectivity index (χ1n) is 7.86. The molecule has 0 radical (unpaired) electrons. The Kier molecular flexibility index (Phi) is 4.67. The molecular formula is C17H20N2O3S. The first-order valence-corrected chi connectivity index (χ1v) is 9.01. The van der Waals surface area contributed by atoms with E-state index in [0.29, 0.717) is 31.8 Å². The van der Waals surface area contributed by atoms with Crippen molar-refractivity contribution in [1.29, 1.82) is 5.26 Å². The van der Waals surface area contributed by atoms with Crippen molar-refractivity contribution in [3.63, 3.8) is 0 Å². The predicted octanol–water partition coefficient (Wildman–Crippen LogP) is 2.15. The van der Waals surface area contributed by atoms with Gasteiger partial charge in [0.2, 0.25) is 5.91 Å². The summed E-state index contributed by atoms with van der Waals surface area (Å²) in [4.78, 5) is 12.6. The number of nitrogens with one attached hydrogen (secondary N) is 1. The molecule has 0 bridgehead atoms. The van der Waals surface area contributed by atoms with Gasteiger partial charge in [-0.05, 0) is 37.1 Å². The Morgan fingerprint density at radius 3 is 3.17 bits per heavy atom. The number of nitriles is 1. The van der Waals surface area contributed by atoms with Crippen molar-refractivity contribution in [1.82, 2.24) is 5.32 Å². The van der Waals surface area contributed by atoms with Gasteiger partial charge in [0.25, 0.3) is 0 Å². The Hall–Kier alpha value is -1.87. The number of amides is 1. The van der Waals surface area contributed by atoms with E-state index in [1.807, 2.05) is 25.1 Å². The van der Waals surface area contributed by atoms with E-state index < -0.39 is 5.54 Å². The van der Waals surface area contributed by atoms with Crippen LogP contribution in [0.15, 0.2) is 18.2 Å². The van der Waals surface area contributed by atoms with Crippen LogP contribution in [0.4, 0.5) is 0 Å². The Labute approximate surface area is 140 Å². The molecule has 2 heterocycles. The van der Waals surface area contributed by atoms with Crippen molar-refractivity contribution in [3.05, 3.63) is 23.8 Å². The molecule has 1 amide bonds. The largest absolute Gasteiger partial charge is 0.490 e. The highest BCUT2D eigenvalue weighted by Gasteiger charge is 2.38. The average molecular weight is 332 g/mol. The van der Waals surface area contributed by atoms with Gasteiger partial charge in [-0.2, -0.15) is 17.0 Å². The summed E-state index contributed by atoms with van der Waals surface area (Å²) in [6.07, 6.45) is 1.31. The highest BCUT2D eigenvalue weighted by atomic mass is 32.2. The molecule has 3 rings (SSSR count). The van der Waals surface area contributed by atoms with Crippen LogP contribution in [0.2, 0.25) is 0 Å². The molecule has 1 N–H and O–H groups in total. The van der Waals surface area contributed by atoms with Gasteiger partial charge in [0, 0.05) is 5.75 Å². The summed E-state index contributed by atoms with van der Waals surface area (Å²) >= 11 is 1.71. The third-order valence-electron chi connectivity index (χ3n) is 4.22. The topological polar surface area (TPSA) is 71.3 Å². The third-order valence-corrected chi connectivity index (χ3v) is 5.41.